The van der Waals surface area contributed by atoms with E-state index in [9.17, 15) is 13.2 Å². The van der Waals surface area contributed by atoms with Crippen molar-refractivity contribution >= 4 is 42.9 Å². The molecule has 1 aromatic carbocycles. The van der Waals surface area contributed by atoms with Crippen LogP contribution in [0.1, 0.15) is 15.2 Å². The first-order chi connectivity index (χ1) is 8.38. The summed E-state index contributed by atoms with van der Waals surface area (Å²) in [5.41, 5.74) is 0.382. The number of sulfone groups is 1. The maximum absolute atomic E-state index is 12.1. The Balaban J connectivity index is 2.43. The number of hydrogen-bond acceptors (Lipinski definition) is 4. The lowest BCUT2D eigenvalue weighted by Gasteiger charge is -2.01. The van der Waals surface area contributed by atoms with Gasteiger partial charge in [-0.1, -0.05) is 12.1 Å². The Labute approximate surface area is 118 Å². The Morgan fingerprint density at radius 3 is 2.50 bits per heavy atom. The SMILES string of the molecule is CS(=O)(=O)c1cccc(C(=O)c2ccc(Br)s2)c1. The maximum Gasteiger partial charge on any atom is 0.203 e. The molecule has 18 heavy (non-hydrogen) atoms. The number of rotatable bonds is 3. The molecule has 0 radical (unpaired) electrons. The molecule has 0 amide bonds. The van der Waals surface area contributed by atoms with Crippen molar-refractivity contribution in [2.45, 2.75) is 4.90 Å². The van der Waals surface area contributed by atoms with Crippen molar-refractivity contribution in [3.8, 4) is 0 Å². The van der Waals surface area contributed by atoms with E-state index in [1.807, 2.05) is 0 Å². The van der Waals surface area contributed by atoms with Gasteiger partial charge in [0.1, 0.15) is 0 Å². The van der Waals surface area contributed by atoms with Gasteiger partial charge in [0.05, 0.1) is 13.6 Å². The highest BCUT2D eigenvalue weighted by Gasteiger charge is 2.14. The zero-order valence-electron chi connectivity index (χ0n) is 9.38. The molecule has 0 aliphatic carbocycles. The molecular formula is C12H9BrO3S2. The molecule has 0 unspecified atom stereocenters. The molecule has 1 aromatic heterocycles. The number of ketones is 1. The molecule has 0 aliphatic heterocycles. The van der Waals surface area contributed by atoms with Gasteiger partial charge in [0.15, 0.2) is 9.84 Å². The van der Waals surface area contributed by atoms with E-state index in [2.05, 4.69) is 15.9 Å². The van der Waals surface area contributed by atoms with Crippen molar-refractivity contribution in [3.05, 3.63) is 50.6 Å². The van der Waals surface area contributed by atoms with Gasteiger partial charge in [0.2, 0.25) is 5.78 Å². The van der Waals surface area contributed by atoms with Gasteiger partial charge in [-0.25, -0.2) is 8.42 Å². The van der Waals surface area contributed by atoms with Gasteiger partial charge in [-0.05, 0) is 40.2 Å². The molecule has 2 aromatic rings. The molecule has 0 fully saturated rings. The zero-order chi connectivity index (χ0) is 13.3. The van der Waals surface area contributed by atoms with E-state index in [-0.39, 0.29) is 10.7 Å². The van der Waals surface area contributed by atoms with Crippen molar-refractivity contribution in [2.75, 3.05) is 6.26 Å². The molecule has 0 spiro atoms. The molecular weight excluding hydrogens is 336 g/mol. The van der Waals surface area contributed by atoms with Crippen LogP contribution in [0, 0.1) is 0 Å². The molecule has 0 bridgehead atoms. The smallest absolute Gasteiger partial charge is 0.203 e. The molecule has 0 saturated carbocycles. The molecule has 0 saturated heterocycles. The second-order valence-electron chi connectivity index (χ2n) is 3.73. The van der Waals surface area contributed by atoms with Gasteiger partial charge in [0.25, 0.3) is 0 Å². The van der Waals surface area contributed by atoms with Crippen LogP contribution < -0.4 is 0 Å². The van der Waals surface area contributed by atoms with E-state index in [4.69, 9.17) is 0 Å². The molecule has 6 heteroatoms. The first-order valence-electron chi connectivity index (χ1n) is 4.98. The highest BCUT2D eigenvalue weighted by atomic mass is 79.9. The lowest BCUT2D eigenvalue weighted by Crippen LogP contribution is -2.02. The van der Waals surface area contributed by atoms with Crippen LogP contribution in [0.5, 0.6) is 0 Å². The lowest BCUT2D eigenvalue weighted by atomic mass is 10.1. The molecule has 0 aliphatic rings. The molecule has 0 N–H and O–H groups in total. The Morgan fingerprint density at radius 1 is 1.22 bits per heavy atom. The summed E-state index contributed by atoms with van der Waals surface area (Å²) in [5, 5.41) is 0. The normalized spacial score (nSPS) is 11.4. The second-order valence-corrected chi connectivity index (χ2v) is 8.21. The molecule has 1 heterocycles. The second kappa shape index (κ2) is 4.95. The quantitative estimate of drug-likeness (QED) is 0.803. The number of carbonyl (C=O) groups excluding carboxylic acids is 1. The fourth-order valence-corrected chi connectivity index (χ4v) is 3.46. The average Bonchev–Trinajstić information content (AvgIpc) is 2.74. The summed E-state index contributed by atoms with van der Waals surface area (Å²) in [6.45, 7) is 0. The summed E-state index contributed by atoms with van der Waals surface area (Å²) in [7, 11) is -3.29. The van der Waals surface area contributed by atoms with Crippen LogP contribution in [-0.2, 0) is 9.84 Å². The fraction of sp³-hybridized carbons (Fsp3) is 0.0833. The minimum absolute atomic E-state index is 0.156. The Hall–Kier alpha value is -0.980. The van der Waals surface area contributed by atoms with Crippen molar-refractivity contribution in [1.82, 2.24) is 0 Å². The third kappa shape index (κ3) is 2.88. The van der Waals surface area contributed by atoms with Crippen molar-refractivity contribution in [2.24, 2.45) is 0 Å². The summed E-state index contributed by atoms with van der Waals surface area (Å²) in [6, 6.07) is 9.58. The summed E-state index contributed by atoms with van der Waals surface area (Å²) in [6.07, 6.45) is 1.12. The topological polar surface area (TPSA) is 51.2 Å². The van der Waals surface area contributed by atoms with Crippen molar-refractivity contribution in [1.29, 1.82) is 0 Å². The van der Waals surface area contributed by atoms with Crippen LogP contribution in [0.3, 0.4) is 0 Å². The summed E-state index contributed by atoms with van der Waals surface area (Å²) in [5.74, 6) is -0.170. The van der Waals surface area contributed by atoms with Gasteiger partial charge in [-0.15, -0.1) is 11.3 Å². The number of benzene rings is 1. The van der Waals surface area contributed by atoms with Gasteiger partial charge < -0.3 is 0 Å². The van der Waals surface area contributed by atoms with Gasteiger partial charge >= 0.3 is 0 Å². The summed E-state index contributed by atoms with van der Waals surface area (Å²) in [4.78, 5) is 12.9. The van der Waals surface area contributed by atoms with E-state index in [0.717, 1.165) is 10.0 Å². The first kappa shape index (κ1) is 13.5. The average molecular weight is 345 g/mol. The highest BCUT2D eigenvalue weighted by Crippen LogP contribution is 2.25. The molecule has 94 valence electrons. The number of hydrogen-bond donors (Lipinski definition) is 0. The number of thiophene rings is 1. The first-order valence-corrected chi connectivity index (χ1v) is 8.48. The fourth-order valence-electron chi connectivity index (χ4n) is 1.45. The Bertz CT molecular complexity index is 702. The minimum Gasteiger partial charge on any atom is -0.288 e. The van der Waals surface area contributed by atoms with E-state index < -0.39 is 9.84 Å². The van der Waals surface area contributed by atoms with Crippen LogP contribution in [-0.4, -0.2) is 20.5 Å². The van der Waals surface area contributed by atoms with E-state index >= 15 is 0 Å². The standard InChI is InChI=1S/C12H9BrO3S2/c1-18(15,16)9-4-2-3-8(7-9)12(14)10-5-6-11(13)17-10/h2-7H,1H3. The van der Waals surface area contributed by atoms with Gasteiger partial charge in [-0.3, -0.25) is 4.79 Å². The molecule has 0 atom stereocenters. The molecule has 3 nitrogen and oxygen atoms in total. The predicted octanol–water partition coefficient (Wildman–Crippen LogP) is 3.15. The highest BCUT2D eigenvalue weighted by molar-refractivity contribution is 9.11. The largest absolute Gasteiger partial charge is 0.288 e. The summed E-state index contributed by atoms with van der Waals surface area (Å²) >= 11 is 4.61. The third-order valence-electron chi connectivity index (χ3n) is 2.32. The Kier molecular flexibility index (Phi) is 3.70. The number of halogens is 1. The van der Waals surface area contributed by atoms with Crippen LogP contribution in [0.2, 0.25) is 0 Å². The third-order valence-corrected chi connectivity index (χ3v) is 5.05. The zero-order valence-corrected chi connectivity index (χ0v) is 12.6. The van der Waals surface area contributed by atoms with E-state index in [1.54, 1.807) is 24.3 Å². The molecule has 2 rings (SSSR count). The van der Waals surface area contributed by atoms with Gasteiger partial charge in [-0.2, -0.15) is 0 Å². The van der Waals surface area contributed by atoms with Crippen LogP contribution in [0.4, 0.5) is 0 Å². The van der Waals surface area contributed by atoms with Crippen molar-refractivity contribution < 1.29 is 13.2 Å². The monoisotopic (exact) mass is 344 g/mol. The van der Waals surface area contributed by atoms with Crippen molar-refractivity contribution in [3.63, 3.8) is 0 Å². The Morgan fingerprint density at radius 2 is 1.94 bits per heavy atom. The van der Waals surface area contributed by atoms with Crippen LogP contribution in [0.25, 0.3) is 0 Å². The van der Waals surface area contributed by atoms with E-state index in [0.29, 0.717) is 10.4 Å². The summed E-state index contributed by atoms with van der Waals surface area (Å²) < 4.78 is 23.7. The lowest BCUT2D eigenvalue weighted by molar-refractivity contribution is 0.104. The van der Waals surface area contributed by atoms with Crippen LogP contribution >= 0.6 is 27.3 Å². The van der Waals surface area contributed by atoms with Gasteiger partial charge in [0, 0.05) is 11.8 Å². The predicted molar refractivity (Wildman–Crippen MR) is 75.0 cm³/mol. The minimum atomic E-state index is -3.29. The van der Waals surface area contributed by atoms with Crippen LogP contribution in [0.15, 0.2) is 45.1 Å². The van der Waals surface area contributed by atoms with E-state index in [1.165, 1.54) is 23.5 Å². The number of carbonyl (C=O) groups is 1. The maximum atomic E-state index is 12.1.